The molecule has 0 bridgehead atoms. The molecule has 0 aromatic heterocycles. The molecule has 0 radical (unpaired) electrons. The maximum Gasteiger partial charge on any atom is 0.497 e. The van der Waals surface area contributed by atoms with Crippen LogP contribution in [0, 0.1) is 0 Å². The highest BCUT2D eigenvalue weighted by atomic mass is 35.5. The van der Waals surface area contributed by atoms with Crippen LogP contribution in [0.25, 0.3) is 0 Å². The van der Waals surface area contributed by atoms with E-state index in [2.05, 4.69) is 55.7 Å². The van der Waals surface area contributed by atoms with E-state index in [1.165, 1.54) is 6.07 Å². The third-order valence-electron chi connectivity index (χ3n) is 3.07. The fraction of sp³-hybridized carbons (Fsp3) is 0.500. The number of halogens is 14. The van der Waals surface area contributed by atoms with E-state index in [-0.39, 0.29) is 0 Å². The second-order valence-electron chi connectivity index (χ2n) is 5.16. The minimum Gasteiger partial charge on any atom is -0.377 e. The van der Waals surface area contributed by atoms with Crippen LogP contribution >= 0.6 is 69.6 Å². The van der Waals surface area contributed by atoms with Crippen molar-refractivity contribution in [1.82, 2.24) is 0 Å². The Morgan fingerprint density at radius 3 is 1.07 bits per heavy atom. The summed E-state index contributed by atoms with van der Waals surface area (Å²) in [7, 11) is -2.98. The molecule has 0 amide bonds. The third kappa shape index (κ3) is 5.80. The van der Waals surface area contributed by atoms with Crippen LogP contribution in [0.3, 0.4) is 0 Å². The van der Waals surface area contributed by atoms with Gasteiger partial charge >= 0.3 is 28.6 Å². The van der Waals surface area contributed by atoms with Crippen LogP contribution in [-0.4, -0.2) is 38.8 Å². The summed E-state index contributed by atoms with van der Waals surface area (Å²) in [5, 5.41) is -30.2. The summed E-state index contributed by atoms with van der Waals surface area (Å²) in [6, 6.07) is 5.15. The molecule has 1 aromatic carbocycles. The highest BCUT2D eigenvalue weighted by Gasteiger charge is 2.73. The standard InChI is InChI=1S/C12H5BCl6F8O2/c14-7(9(16,20)21,10(17,22)23)28-13(6-4-2-1-3-5-6)29-8(15,11(18,24)25)12(19,26)27/h1-5H. The summed E-state index contributed by atoms with van der Waals surface area (Å²) in [5.74, 6) is 0. The number of rotatable bonds is 9. The molecular formula is C12H5BCl6F8O2. The SMILES string of the molecule is FC(F)(Cl)C(Cl)(OB(OC(Cl)(C(F)(F)Cl)C(F)(F)Cl)c1ccccc1)C(F)(F)Cl. The van der Waals surface area contributed by atoms with E-state index in [0.717, 1.165) is 24.3 Å². The van der Waals surface area contributed by atoms with Crippen LogP contribution in [-0.2, 0) is 9.31 Å². The average Bonchev–Trinajstić information content (AvgIpc) is 2.50. The van der Waals surface area contributed by atoms with Crippen LogP contribution in [0.5, 0.6) is 0 Å². The average molecular weight is 557 g/mol. The van der Waals surface area contributed by atoms with Gasteiger partial charge in [0.05, 0.1) is 0 Å². The molecule has 0 aliphatic carbocycles. The van der Waals surface area contributed by atoms with Crippen LogP contribution in [0.4, 0.5) is 35.1 Å². The van der Waals surface area contributed by atoms with E-state index < -0.39 is 44.2 Å². The van der Waals surface area contributed by atoms with Gasteiger partial charge in [0.25, 0.3) is 10.1 Å². The first-order valence-electron chi connectivity index (χ1n) is 6.72. The summed E-state index contributed by atoms with van der Waals surface area (Å²) in [6.45, 7) is 0. The molecule has 1 rings (SSSR count). The van der Waals surface area contributed by atoms with Gasteiger partial charge in [-0.3, -0.25) is 0 Å². The highest BCUT2D eigenvalue weighted by molar-refractivity contribution is 6.63. The van der Waals surface area contributed by atoms with E-state index in [9.17, 15) is 35.1 Å². The molecule has 0 aliphatic heterocycles. The van der Waals surface area contributed by atoms with Crippen molar-refractivity contribution >= 4 is 82.2 Å². The highest BCUT2D eigenvalue weighted by Crippen LogP contribution is 2.54. The molecule has 0 fully saturated rings. The van der Waals surface area contributed by atoms with Gasteiger partial charge in [-0.05, 0) is 51.9 Å². The molecule has 0 heterocycles. The monoisotopic (exact) mass is 554 g/mol. The Morgan fingerprint density at radius 1 is 0.552 bits per heavy atom. The largest absolute Gasteiger partial charge is 0.497 e. The Balaban J connectivity index is 3.59. The molecule has 0 spiro atoms. The van der Waals surface area contributed by atoms with Gasteiger partial charge in [-0.25, -0.2) is 0 Å². The fourth-order valence-electron chi connectivity index (χ4n) is 1.65. The van der Waals surface area contributed by atoms with Crippen molar-refractivity contribution in [3.8, 4) is 0 Å². The van der Waals surface area contributed by atoms with Crippen molar-refractivity contribution in [1.29, 1.82) is 0 Å². The minimum atomic E-state index is -5.20. The molecule has 0 atom stereocenters. The Hall–Kier alpha value is 0.385. The zero-order valence-electron chi connectivity index (χ0n) is 13.1. The van der Waals surface area contributed by atoms with Gasteiger partial charge in [-0.15, -0.1) is 0 Å². The first kappa shape index (κ1) is 27.4. The van der Waals surface area contributed by atoms with Gasteiger partial charge in [0.2, 0.25) is 0 Å². The minimum absolute atomic E-state index is 0.675. The van der Waals surface area contributed by atoms with E-state index in [1.807, 2.05) is 0 Å². The molecule has 17 heteroatoms. The number of benzene rings is 1. The quantitative estimate of drug-likeness (QED) is 0.194. The lowest BCUT2D eigenvalue weighted by Crippen LogP contribution is -2.63. The zero-order chi connectivity index (χ0) is 23.1. The van der Waals surface area contributed by atoms with Gasteiger partial charge in [0, 0.05) is 0 Å². The first-order valence-corrected chi connectivity index (χ1v) is 8.99. The lowest BCUT2D eigenvalue weighted by atomic mass is 9.78. The third-order valence-corrected chi connectivity index (χ3v) is 5.65. The predicted molar refractivity (Wildman–Crippen MR) is 94.4 cm³/mol. The van der Waals surface area contributed by atoms with E-state index >= 15 is 0 Å². The molecule has 0 aliphatic rings. The molecule has 1 aromatic rings. The van der Waals surface area contributed by atoms with E-state index in [0.29, 0.717) is 0 Å². The molecule has 166 valence electrons. The normalized spacial score (nSPS) is 14.8. The van der Waals surface area contributed by atoms with Crippen molar-refractivity contribution < 1.29 is 44.4 Å². The van der Waals surface area contributed by atoms with Crippen molar-refractivity contribution in [3.05, 3.63) is 30.3 Å². The summed E-state index contributed by atoms with van der Waals surface area (Å²) in [6.07, 6.45) is 0. The van der Waals surface area contributed by atoms with Gasteiger partial charge in [-0.1, -0.05) is 53.5 Å². The topological polar surface area (TPSA) is 18.5 Å². The Bertz CT molecular complexity index is 623. The van der Waals surface area contributed by atoms with Crippen LogP contribution in [0.15, 0.2) is 30.3 Å². The maximum atomic E-state index is 13.6. The lowest BCUT2D eigenvalue weighted by Gasteiger charge is -2.40. The maximum absolute atomic E-state index is 13.6. The Labute approximate surface area is 188 Å². The van der Waals surface area contributed by atoms with E-state index in [1.54, 1.807) is 0 Å². The van der Waals surface area contributed by atoms with Crippen LogP contribution in [0.1, 0.15) is 0 Å². The van der Waals surface area contributed by atoms with Crippen LogP contribution < -0.4 is 5.46 Å². The molecule has 29 heavy (non-hydrogen) atoms. The molecule has 0 N–H and O–H groups in total. The van der Waals surface area contributed by atoms with Crippen molar-refractivity contribution in [2.24, 2.45) is 0 Å². The van der Waals surface area contributed by atoms with Gasteiger partial charge < -0.3 is 9.31 Å². The summed E-state index contributed by atoms with van der Waals surface area (Å²) >= 11 is 28.2. The molecule has 2 nitrogen and oxygen atoms in total. The van der Waals surface area contributed by atoms with Gasteiger partial charge in [0.15, 0.2) is 0 Å². The lowest BCUT2D eigenvalue weighted by molar-refractivity contribution is -0.184. The summed E-state index contributed by atoms with van der Waals surface area (Å²) < 4.78 is 117. The van der Waals surface area contributed by atoms with Crippen molar-refractivity contribution in [2.45, 2.75) is 31.6 Å². The zero-order valence-corrected chi connectivity index (χ0v) is 17.6. The van der Waals surface area contributed by atoms with Gasteiger partial charge in [0.1, 0.15) is 0 Å². The smallest absolute Gasteiger partial charge is 0.377 e. The summed E-state index contributed by atoms with van der Waals surface area (Å²) in [5.41, 5.74) is -0.675. The second kappa shape index (κ2) is 8.73. The fourth-order valence-corrected chi connectivity index (χ4v) is 2.57. The Morgan fingerprint density at radius 2 is 0.828 bits per heavy atom. The van der Waals surface area contributed by atoms with Gasteiger partial charge in [-0.2, -0.15) is 35.1 Å². The summed E-state index contributed by atoms with van der Waals surface area (Å²) in [4.78, 5) is 0. The molecule has 0 saturated carbocycles. The first-order chi connectivity index (χ1) is 12.7. The number of hydrogen-bond donors (Lipinski definition) is 0. The van der Waals surface area contributed by atoms with Crippen molar-refractivity contribution in [2.75, 3.05) is 0 Å². The number of hydrogen-bond acceptors (Lipinski definition) is 2. The Kier molecular flexibility index (Phi) is 8.25. The second-order valence-corrected chi connectivity index (χ2v) is 8.12. The molecule has 0 unspecified atom stereocenters. The number of alkyl halides is 14. The van der Waals surface area contributed by atoms with Crippen LogP contribution in [0.2, 0.25) is 0 Å². The predicted octanol–water partition coefficient (Wildman–Crippen LogP) is 6.61. The molecular weight excluding hydrogens is 552 g/mol. The van der Waals surface area contributed by atoms with Crippen molar-refractivity contribution in [3.63, 3.8) is 0 Å². The van der Waals surface area contributed by atoms with E-state index in [4.69, 9.17) is 23.2 Å². The molecule has 0 saturated heterocycles.